The lowest BCUT2D eigenvalue weighted by Crippen LogP contribution is -2.03. The van der Waals surface area contributed by atoms with E-state index in [2.05, 4.69) is 10.3 Å². The first-order valence-corrected chi connectivity index (χ1v) is 10.1. The average Bonchev–Trinajstić information content (AvgIpc) is 3.41. The summed E-state index contributed by atoms with van der Waals surface area (Å²) < 4.78 is 17.7. The third-order valence-electron chi connectivity index (χ3n) is 4.45. The highest BCUT2D eigenvalue weighted by molar-refractivity contribution is 7.13. The number of rotatable bonds is 7. The Kier molecular flexibility index (Phi) is 5.53. The summed E-state index contributed by atoms with van der Waals surface area (Å²) in [6.07, 6.45) is 0. The van der Waals surface area contributed by atoms with Crippen molar-refractivity contribution < 1.29 is 14.2 Å². The van der Waals surface area contributed by atoms with Gasteiger partial charge in [0.15, 0.2) is 11.5 Å². The number of aromatic nitrogens is 4. The van der Waals surface area contributed by atoms with Gasteiger partial charge in [0, 0.05) is 29.1 Å². The summed E-state index contributed by atoms with van der Waals surface area (Å²) in [7, 11) is 3.18. The van der Waals surface area contributed by atoms with Crippen molar-refractivity contribution in [3.8, 4) is 44.9 Å². The Balaban J connectivity index is 1.65. The molecule has 2 N–H and O–H groups in total. The standard InChI is InChI=1S/C21H21N5O3S/c1-4-29-15-7-5-13(6-8-15)18-12-30-21(23-18)19-20(22)26(25-24-19)14-9-16(27-2)11-17(10-14)28-3/h5-12H,4,22H2,1-3H3. The zero-order valence-corrected chi connectivity index (χ0v) is 17.6. The van der Waals surface area contributed by atoms with E-state index < -0.39 is 0 Å². The van der Waals surface area contributed by atoms with E-state index in [-0.39, 0.29) is 0 Å². The molecule has 0 aliphatic heterocycles. The van der Waals surface area contributed by atoms with Crippen LogP contribution >= 0.6 is 11.3 Å². The van der Waals surface area contributed by atoms with Crippen molar-refractivity contribution in [3.63, 3.8) is 0 Å². The number of anilines is 1. The molecule has 0 aliphatic rings. The van der Waals surface area contributed by atoms with Crippen LogP contribution in [0.25, 0.3) is 27.6 Å². The minimum atomic E-state index is 0.387. The van der Waals surface area contributed by atoms with Gasteiger partial charge in [0.25, 0.3) is 0 Å². The van der Waals surface area contributed by atoms with E-state index >= 15 is 0 Å². The molecule has 0 bridgehead atoms. The van der Waals surface area contributed by atoms with Crippen LogP contribution in [0.1, 0.15) is 6.92 Å². The van der Waals surface area contributed by atoms with Gasteiger partial charge in [0.2, 0.25) is 0 Å². The number of hydrogen-bond donors (Lipinski definition) is 1. The number of benzene rings is 2. The molecule has 2 aromatic carbocycles. The van der Waals surface area contributed by atoms with Gasteiger partial charge in [0.1, 0.15) is 22.3 Å². The number of thiazole rings is 1. The molecule has 9 heteroatoms. The van der Waals surface area contributed by atoms with Crippen LogP contribution in [0.4, 0.5) is 5.82 Å². The van der Waals surface area contributed by atoms with E-state index in [4.69, 9.17) is 24.9 Å². The van der Waals surface area contributed by atoms with Crippen LogP contribution in [0.5, 0.6) is 17.2 Å². The molecule has 0 radical (unpaired) electrons. The maximum atomic E-state index is 6.36. The Hall–Kier alpha value is -3.59. The molecule has 2 heterocycles. The fourth-order valence-corrected chi connectivity index (χ4v) is 3.77. The van der Waals surface area contributed by atoms with Gasteiger partial charge in [-0.25, -0.2) is 4.98 Å². The average molecular weight is 423 g/mol. The van der Waals surface area contributed by atoms with Crippen molar-refractivity contribution >= 4 is 17.2 Å². The monoisotopic (exact) mass is 423 g/mol. The van der Waals surface area contributed by atoms with Crippen LogP contribution in [0, 0.1) is 0 Å². The zero-order chi connectivity index (χ0) is 21.1. The molecule has 2 aromatic heterocycles. The molecule has 4 aromatic rings. The first kappa shape index (κ1) is 19.7. The predicted octanol–water partition coefficient (Wildman–Crippen LogP) is 4.06. The number of nitrogen functional groups attached to an aromatic ring is 1. The Labute approximate surface area is 177 Å². The summed E-state index contributed by atoms with van der Waals surface area (Å²) in [5.41, 5.74) is 9.40. The van der Waals surface area contributed by atoms with Gasteiger partial charge in [-0.2, -0.15) is 4.68 Å². The van der Waals surface area contributed by atoms with Crippen molar-refractivity contribution in [3.05, 3.63) is 47.8 Å². The van der Waals surface area contributed by atoms with Gasteiger partial charge in [-0.15, -0.1) is 16.4 Å². The number of ether oxygens (including phenoxy) is 3. The maximum Gasteiger partial charge on any atom is 0.165 e. The first-order chi connectivity index (χ1) is 14.6. The van der Waals surface area contributed by atoms with Crippen molar-refractivity contribution in [2.24, 2.45) is 0 Å². The van der Waals surface area contributed by atoms with Crippen LogP contribution in [-0.4, -0.2) is 40.8 Å². The van der Waals surface area contributed by atoms with Crippen LogP contribution in [-0.2, 0) is 0 Å². The van der Waals surface area contributed by atoms with Gasteiger partial charge < -0.3 is 19.9 Å². The van der Waals surface area contributed by atoms with Crippen LogP contribution < -0.4 is 19.9 Å². The second kappa shape index (κ2) is 8.42. The molecule has 0 amide bonds. The lowest BCUT2D eigenvalue weighted by atomic mass is 10.2. The van der Waals surface area contributed by atoms with E-state index in [0.29, 0.717) is 40.3 Å². The SMILES string of the molecule is CCOc1ccc(-c2csc(-c3nnn(-c4cc(OC)cc(OC)c4)c3N)n2)cc1. The lowest BCUT2D eigenvalue weighted by Gasteiger charge is -2.09. The largest absolute Gasteiger partial charge is 0.497 e. The van der Waals surface area contributed by atoms with Gasteiger partial charge in [-0.3, -0.25) is 0 Å². The fraction of sp³-hybridized carbons (Fsp3) is 0.190. The zero-order valence-electron chi connectivity index (χ0n) is 16.8. The summed E-state index contributed by atoms with van der Waals surface area (Å²) in [5, 5.41) is 11.1. The molecule has 0 aliphatic carbocycles. The van der Waals surface area contributed by atoms with E-state index in [1.807, 2.05) is 48.7 Å². The van der Waals surface area contributed by atoms with Gasteiger partial charge >= 0.3 is 0 Å². The van der Waals surface area contributed by atoms with Crippen LogP contribution in [0.3, 0.4) is 0 Å². The normalized spacial score (nSPS) is 10.8. The molecule has 0 saturated heterocycles. The number of nitrogens with zero attached hydrogens (tertiary/aromatic N) is 4. The van der Waals surface area contributed by atoms with Gasteiger partial charge in [0.05, 0.1) is 32.2 Å². The topological polar surface area (TPSA) is 97.3 Å². The second-order valence-electron chi connectivity index (χ2n) is 6.30. The summed E-state index contributed by atoms with van der Waals surface area (Å²) in [6.45, 7) is 2.59. The Morgan fingerprint density at radius 1 is 1.00 bits per heavy atom. The van der Waals surface area contributed by atoms with Gasteiger partial charge in [-0.1, -0.05) is 5.21 Å². The third kappa shape index (κ3) is 3.79. The molecule has 0 spiro atoms. The Morgan fingerprint density at radius 3 is 2.33 bits per heavy atom. The third-order valence-corrected chi connectivity index (χ3v) is 5.30. The minimum Gasteiger partial charge on any atom is -0.497 e. The molecule has 0 atom stereocenters. The Morgan fingerprint density at radius 2 is 1.70 bits per heavy atom. The molecule has 0 fully saturated rings. The lowest BCUT2D eigenvalue weighted by molar-refractivity contribution is 0.340. The first-order valence-electron chi connectivity index (χ1n) is 9.26. The van der Waals surface area contributed by atoms with Crippen LogP contribution in [0.2, 0.25) is 0 Å². The fourth-order valence-electron chi connectivity index (χ4n) is 2.95. The Bertz CT molecular complexity index is 1130. The highest BCUT2D eigenvalue weighted by atomic mass is 32.1. The predicted molar refractivity (Wildman–Crippen MR) is 117 cm³/mol. The molecule has 30 heavy (non-hydrogen) atoms. The molecule has 0 unspecified atom stereocenters. The quantitative estimate of drug-likeness (QED) is 0.479. The number of methoxy groups -OCH3 is 2. The van der Waals surface area contributed by atoms with E-state index in [1.54, 1.807) is 25.0 Å². The maximum absolute atomic E-state index is 6.36. The van der Waals surface area contributed by atoms with Crippen molar-refractivity contribution in [1.82, 2.24) is 20.0 Å². The molecule has 8 nitrogen and oxygen atoms in total. The van der Waals surface area contributed by atoms with Crippen molar-refractivity contribution in [1.29, 1.82) is 0 Å². The molecular weight excluding hydrogens is 402 g/mol. The van der Waals surface area contributed by atoms with E-state index in [9.17, 15) is 0 Å². The second-order valence-corrected chi connectivity index (χ2v) is 7.16. The smallest absolute Gasteiger partial charge is 0.165 e. The summed E-state index contributed by atoms with van der Waals surface area (Å²) >= 11 is 1.46. The molecule has 0 saturated carbocycles. The minimum absolute atomic E-state index is 0.387. The van der Waals surface area contributed by atoms with E-state index in [0.717, 1.165) is 17.0 Å². The summed E-state index contributed by atoms with van der Waals surface area (Å²) in [5.74, 6) is 2.48. The van der Waals surface area contributed by atoms with E-state index in [1.165, 1.54) is 11.3 Å². The molecule has 154 valence electrons. The highest BCUT2D eigenvalue weighted by Gasteiger charge is 2.18. The molecular formula is C21H21N5O3S. The summed E-state index contributed by atoms with van der Waals surface area (Å²) in [4.78, 5) is 4.69. The van der Waals surface area contributed by atoms with Crippen molar-refractivity contribution in [2.45, 2.75) is 6.92 Å². The summed E-state index contributed by atoms with van der Waals surface area (Å²) in [6, 6.07) is 13.2. The highest BCUT2D eigenvalue weighted by Crippen LogP contribution is 2.33. The number of hydrogen-bond acceptors (Lipinski definition) is 8. The molecule has 4 rings (SSSR count). The van der Waals surface area contributed by atoms with Gasteiger partial charge in [-0.05, 0) is 31.2 Å². The van der Waals surface area contributed by atoms with Crippen LogP contribution in [0.15, 0.2) is 47.8 Å². The number of nitrogens with two attached hydrogens (primary N) is 1. The van der Waals surface area contributed by atoms with Crippen molar-refractivity contribution in [2.75, 3.05) is 26.6 Å².